The minimum atomic E-state index is 0.304. The van der Waals surface area contributed by atoms with E-state index in [2.05, 4.69) is 29.0 Å². The minimum absolute atomic E-state index is 0.304. The number of thiophene rings is 1. The lowest BCUT2D eigenvalue weighted by Crippen LogP contribution is -2.36. The van der Waals surface area contributed by atoms with E-state index in [4.69, 9.17) is 17.4 Å². The molecule has 4 heteroatoms. The molecular formula is C15H19ClN2S. The fraction of sp³-hybridized carbons (Fsp3) is 0.333. The normalized spacial score (nSPS) is 12.5. The van der Waals surface area contributed by atoms with Crippen LogP contribution in [-0.2, 0) is 12.8 Å². The number of benzene rings is 1. The summed E-state index contributed by atoms with van der Waals surface area (Å²) in [6, 6.07) is 12.6. The summed E-state index contributed by atoms with van der Waals surface area (Å²) in [5, 5.41) is 2.91. The van der Waals surface area contributed by atoms with Crippen LogP contribution in [0.5, 0.6) is 0 Å². The van der Waals surface area contributed by atoms with Gasteiger partial charge >= 0.3 is 0 Å². The SMILES string of the molecule is NNC(CCCc1cccs1)Cc1cccc(Cl)c1. The average Bonchev–Trinajstić information content (AvgIpc) is 2.91. The second-order valence-corrected chi connectivity index (χ2v) is 6.14. The molecule has 1 aromatic carbocycles. The molecule has 0 saturated heterocycles. The van der Waals surface area contributed by atoms with Gasteiger partial charge in [0.1, 0.15) is 0 Å². The Morgan fingerprint density at radius 2 is 2.16 bits per heavy atom. The monoisotopic (exact) mass is 294 g/mol. The van der Waals surface area contributed by atoms with Crippen LogP contribution in [0.25, 0.3) is 0 Å². The van der Waals surface area contributed by atoms with E-state index < -0.39 is 0 Å². The molecule has 2 aromatic rings. The fourth-order valence-electron chi connectivity index (χ4n) is 2.17. The van der Waals surface area contributed by atoms with Crippen LogP contribution >= 0.6 is 22.9 Å². The van der Waals surface area contributed by atoms with Gasteiger partial charge in [-0.2, -0.15) is 0 Å². The maximum atomic E-state index is 5.99. The molecule has 0 fully saturated rings. The zero-order valence-electron chi connectivity index (χ0n) is 10.8. The Bertz CT molecular complexity index is 485. The highest BCUT2D eigenvalue weighted by molar-refractivity contribution is 7.09. The maximum absolute atomic E-state index is 5.99. The molecule has 0 aliphatic carbocycles. The quantitative estimate of drug-likeness (QED) is 0.602. The molecule has 1 atom stereocenters. The van der Waals surface area contributed by atoms with Gasteiger partial charge in [0, 0.05) is 15.9 Å². The van der Waals surface area contributed by atoms with Crippen molar-refractivity contribution in [2.45, 2.75) is 31.7 Å². The molecule has 19 heavy (non-hydrogen) atoms. The van der Waals surface area contributed by atoms with Crippen LogP contribution in [0.2, 0.25) is 5.02 Å². The molecule has 0 bridgehead atoms. The number of aryl methyl sites for hydroxylation is 1. The number of hydrazine groups is 1. The van der Waals surface area contributed by atoms with E-state index in [1.165, 1.54) is 10.4 Å². The molecule has 0 amide bonds. The van der Waals surface area contributed by atoms with Crippen molar-refractivity contribution in [1.29, 1.82) is 0 Å². The van der Waals surface area contributed by atoms with Crippen LogP contribution in [0.3, 0.4) is 0 Å². The van der Waals surface area contributed by atoms with Gasteiger partial charge in [-0.3, -0.25) is 11.3 Å². The van der Waals surface area contributed by atoms with Crippen molar-refractivity contribution in [2.75, 3.05) is 0 Å². The highest BCUT2D eigenvalue weighted by Crippen LogP contribution is 2.16. The Labute approximate surface area is 123 Å². The van der Waals surface area contributed by atoms with Crippen LogP contribution in [0.1, 0.15) is 23.3 Å². The van der Waals surface area contributed by atoms with Gasteiger partial charge in [0.25, 0.3) is 0 Å². The second kappa shape index (κ2) is 7.65. The maximum Gasteiger partial charge on any atom is 0.0408 e. The van der Waals surface area contributed by atoms with Crippen molar-refractivity contribution in [2.24, 2.45) is 5.84 Å². The Morgan fingerprint density at radius 3 is 2.84 bits per heavy atom. The minimum Gasteiger partial charge on any atom is -0.271 e. The number of halogens is 1. The summed E-state index contributed by atoms with van der Waals surface area (Å²) in [4.78, 5) is 1.44. The summed E-state index contributed by atoms with van der Waals surface area (Å²) in [6.45, 7) is 0. The Morgan fingerprint density at radius 1 is 1.26 bits per heavy atom. The van der Waals surface area contributed by atoms with Gasteiger partial charge in [0.2, 0.25) is 0 Å². The molecule has 102 valence electrons. The summed E-state index contributed by atoms with van der Waals surface area (Å²) in [7, 11) is 0. The smallest absolute Gasteiger partial charge is 0.0408 e. The fourth-order valence-corrected chi connectivity index (χ4v) is 3.13. The first-order chi connectivity index (χ1) is 9.28. The molecule has 0 radical (unpaired) electrons. The molecule has 0 saturated carbocycles. The predicted octanol–water partition coefficient (Wildman–Crippen LogP) is 3.80. The lowest BCUT2D eigenvalue weighted by molar-refractivity contribution is 0.477. The zero-order valence-corrected chi connectivity index (χ0v) is 12.4. The predicted molar refractivity (Wildman–Crippen MR) is 83.5 cm³/mol. The number of nitrogens with two attached hydrogens (primary N) is 1. The molecule has 1 aromatic heterocycles. The van der Waals surface area contributed by atoms with Crippen molar-refractivity contribution < 1.29 is 0 Å². The standard InChI is InChI=1S/C15H19ClN2S/c16-13-5-1-4-12(10-13)11-14(18-17)6-2-7-15-8-3-9-19-15/h1,3-5,8-10,14,18H,2,6-7,11,17H2. The highest BCUT2D eigenvalue weighted by Gasteiger charge is 2.08. The molecule has 1 unspecified atom stereocenters. The number of nitrogens with one attached hydrogen (secondary N) is 1. The third-order valence-corrected chi connectivity index (χ3v) is 4.33. The van der Waals surface area contributed by atoms with E-state index in [-0.39, 0.29) is 0 Å². The topological polar surface area (TPSA) is 38.0 Å². The van der Waals surface area contributed by atoms with Gasteiger partial charge < -0.3 is 0 Å². The van der Waals surface area contributed by atoms with Gasteiger partial charge in [0.05, 0.1) is 0 Å². The van der Waals surface area contributed by atoms with E-state index in [9.17, 15) is 0 Å². The summed E-state index contributed by atoms with van der Waals surface area (Å²) in [5.41, 5.74) is 4.14. The van der Waals surface area contributed by atoms with E-state index in [0.29, 0.717) is 6.04 Å². The molecule has 0 aliphatic heterocycles. The van der Waals surface area contributed by atoms with Crippen LogP contribution in [0.4, 0.5) is 0 Å². The van der Waals surface area contributed by atoms with Gasteiger partial charge in [-0.15, -0.1) is 11.3 Å². The van der Waals surface area contributed by atoms with Crippen molar-refractivity contribution in [3.05, 3.63) is 57.2 Å². The van der Waals surface area contributed by atoms with Crippen molar-refractivity contribution in [3.63, 3.8) is 0 Å². The van der Waals surface area contributed by atoms with Gasteiger partial charge in [-0.1, -0.05) is 29.8 Å². The lowest BCUT2D eigenvalue weighted by Gasteiger charge is -2.15. The molecule has 0 spiro atoms. The first kappa shape index (κ1) is 14.5. The molecule has 1 heterocycles. The van der Waals surface area contributed by atoms with Crippen LogP contribution in [-0.4, -0.2) is 6.04 Å². The van der Waals surface area contributed by atoms with E-state index in [1.807, 2.05) is 29.5 Å². The van der Waals surface area contributed by atoms with Gasteiger partial charge in [-0.05, 0) is 54.8 Å². The Balaban J connectivity index is 1.80. The molecule has 0 aliphatic rings. The molecular weight excluding hydrogens is 276 g/mol. The summed E-state index contributed by atoms with van der Waals surface area (Å²) >= 11 is 7.81. The van der Waals surface area contributed by atoms with Crippen LogP contribution in [0, 0.1) is 0 Å². The van der Waals surface area contributed by atoms with Crippen LogP contribution < -0.4 is 11.3 Å². The first-order valence-electron chi connectivity index (χ1n) is 6.51. The van der Waals surface area contributed by atoms with E-state index in [1.54, 1.807) is 0 Å². The number of rotatable bonds is 7. The highest BCUT2D eigenvalue weighted by atomic mass is 35.5. The average molecular weight is 295 g/mol. The third kappa shape index (κ3) is 4.96. The largest absolute Gasteiger partial charge is 0.271 e. The third-order valence-electron chi connectivity index (χ3n) is 3.16. The van der Waals surface area contributed by atoms with Crippen molar-refractivity contribution in [1.82, 2.24) is 5.43 Å². The van der Waals surface area contributed by atoms with E-state index in [0.717, 1.165) is 30.7 Å². The Hall–Kier alpha value is -0.870. The van der Waals surface area contributed by atoms with Crippen LogP contribution in [0.15, 0.2) is 41.8 Å². The molecule has 2 nitrogen and oxygen atoms in total. The molecule has 2 rings (SSSR count). The van der Waals surface area contributed by atoms with Crippen molar-refractivity contribution in [3.8, 4) is 0 Å². The number of hydrogen-bond acceptors (Lipinski definition) is 3. The number of hydrogen-bond donors (Lipinski definition) is 2. The first-order valence-corrected chi connectivity index (χ1v) is 7.76. The Kier molecular flexibility index (Phi) is 5.86. The van der Waals surface area contributed by atoms with Gasteiger partial charge in [0.15, 0.2) is 0 Å². The second-order valence-electron chi connectivity index (χ2n) is 4.67. The lowest BCUT2D eigenvalue weighted by atomic mass is 10.0. The molecule has 3 N–H and O–H groups in total. The van der Waals surface area contributed by atoms with Crippen molar-refractivity contribution >= 4 is 22.9 Å². The zero-order chi connectivity index (χ0) is 13.5. The summed E-state index contributed by atoms with van der Waals surface area (Å²) in [5.74, 6) is 5.64. The van der Waals surface area contributed by atoms with Gasteiger partial charge in [-0.25, -0.2) is 0 Å². The summed E-state index contributed by atoms with van der Waals surface area (Å²) in [6.07, 6.45) is 4.27. The van der Waals surface area contributed by atoms with E-state index >= 15 is 0 Å². The summed E-state index contributed by atoms with van der Waals surface area (Å²) < 4.78 is 0.